The summed E-state index contributed by atoms with van der Waals surface area (Å²) < 4.78 is 0. The van der Waals surface area contributed by atoms with Gasteiger partial charge in [0.1, 0.15) is 0 Å². The summed E-state index contributed by atoms with van der Waals surface area (Å²) in [7, 11) is 0. The van der Waals surface area contributed by atoms with Gasteiger partial charge >= 0.3 is 0 Å². The van der Waals surface area contributed by atoms with Gasteiger partial charge in [0.15, 0.2) is 0 Å². The number of aryl methyl sites for hydroxylation is 1. The topological polar surface area (TPSA) is 29.1 Å². The molecule has 2 nitrogen and oxygen atoms in total. The first-order chi connectivity index (χ1) is 9.70. The Morgan fingerprint density at radius 3 is 2.45 bits per heavy atom. The normalized spacial score (nSPS) is 10.3. The lowest BCUT2D eigenvalue weighted by molar-refractivity contribution is 0.102. The van der Waals surface area contributed by atoms with Crippen molar-refractivity contribution in [1.82, 2.24) is 0 Å². The second-order valence-corrected chi connectivity index (χ2v) is 5.14. The molecule has 2 rings (SSSR count). The highest BCUT2D eigenvalue weighted by molar-refractivity contribution is 6.33. The van der Waals surface area contributed by atoms with Crippen molar-refractivity contribution in [3.8, 4) is 0 Å². The Kier molecular flexibility index (Phi) is 5.19. The first-order valence-electron chi connectivity index (χ1n) is 6.85. The minimum atomic E-state index is -0.139. The van der Waals surface area contributed by atoms with Crippen LogP contribution in [0.1, 0.15) is 35.7 Å². The molecule has 0 saturated heterocycles. The van der Waals surface area contributed by atoms with Crippen molar-refractivity contribution in [2.45, 2.75) is 26.2 Å². The first kappa shape index (κ1) is 14.6. The van der Waals surface area contributed by atoms with E-state index in [9.17, 15) is 4.79 Å². The van der Waals surface area contributed by atoms with E-state index in [2.05, 4.69) is 12.2 Å². The molecule has 2 aromatic carbocycles. The summed E-state index contributed by atoms with van der Waals surface area (Å²) in [4.78, 5) is 12.1. The molecule has 0 unspecified atom stereocenters. The van der Waals surface area contributed by atoms with Crippen LogP contribution in [0.2, 0.25) is 5.02 Å². The monoisotopic (exact) mass is 287 g/mol. The molecule has 0 spiro atoms. The number of nitrogens with one attached hydrogen (secondary N) is 1. The minimum absolute atomic E-state index is 0.139. The van der Waals surface area contributed by atoms with Gasteiger partial charge in [-0.2, -0.15) is 0 Å². The van der Waals surface area contributed by atoms with Gasteiger partial charge in [-0.3, -0.25) is 4.79 Å². The zero-order valence-electron chi connectivity index (χ0n) is 11.5. The third-order valence-electron chi connectivity index (χ3n) is 3.16. The van der Waals surface area contributed by atoms with Crippen LogP contribution in [0.15, 0.2) is 48.5 Å². The molecule has 0 aliphatic rings. The van der Waals surface area contributed by atoms with E-state index in [1.165, 1.54) is 18.4 Å². The molecule has 0 saturated carbocycles. The molecule has 20 heavy (non-hydrogen) atoms. The van der Waals surface area contributed by atoms with Crippen molar-refractivity contribution in [2.75, 3.05) is 5.32 Å². The summed E-state index contributed by atoms with van der Waals surface area (Å²) in [5, 5.41) is 3.36. The van der Waals surface area contributed by atoms with Gasteiger partial charge in [-0.15, -0.1) is 0 Å². The number of carbonyl (C=O) groups excluding carboxylic acids is 1. The number of benzene rings is 2. The number of anilines is 1. The smallest absolute Gasteiger partial charge is 0.255 e. The Bertz CT molecular complexity index is 578. The van der Waals surface area contributed by atoms with Crippen LogP contribution in [0.3, 0.4) is 0 Å². The van der Waals surface area contributed by atoms with E-state index in [1.807, 2.05) is 36.4 Å². The number of rotatable bonds is 5. The lowest BCUT2D eigenvalue weighted by Gasteiger charge is -2.07. The van der Waals surface area contributed by atoms with Gasteiger partial charge in [0.25, 0.3) is 5.91 Å². The van der Waals surface area contributed by atoms with Crippen LogP contribution in [0, 0.1) is 0 Å². The van der Waals surface area contributed by atoms with Gasteiger partial charge in [-0.05, 0) is 42.7 Å². The van der Waals surface area contributed by atoms with Gasteiger partial charge < -0.3 is 5.32 Å². The van der Waals surface area contributed by atoms with Crippen molar-refractivity contribution < 1.29 is 4.79 Å². The van der Waals surface area contributed by atoms with Gasteiger partial charge in [0.2, 0.25) is 0 Å². The maximum Gasteiger partial charge on any atom is 0.255 e. The molecule has 0 aromatic heterocycles. The van der Waals surface area contributed by atoms with Crippen molar-refractivity contribution in [2.24, 2.45) is 0 Å². The number of unbranched alkanes of at least 4 members (excludes halogenated alkanes) is 1. The van der Waals surface area contributed by atoms with E-state index in [0.717, 1.165) is 6.42 Å². The maximum atomic E-state index is 12.1. The maximum absolute atomic E-state index is 12.1. The standard InChI is InChI=1S/C17H18ClNO/c1-2-3-6-13-9-11-14(12-10-13)17(20)19-16-8-5-4-7-15(16)18/h4-5,7-12H,2-3,6H2,1H3,(H,19,20). The molecule has 0 radical (unpaired) electrons. The van der Waals surface area contributed by atoms with Gasteiger partial charge in [0, 0.05) is 5.56 Å². The average Bonchev–Trinajstić information content (AvgIpc) is 2.48. The number of hydrogen-bond acceptors (Lipinski definition) is 1. The lowest BCUT2D eigenvalue weighted by Crippen LogP contribution is -2.12. The third-order valence-corrected chi connectivity index (χ3v) is 3.49. The molecule has 104 valence electrons. The molecule has 0 heterocycles. The second kappa shape index (κ2) is 7.11. The molecule has 0 atom stereocenters. The number of carbonyl (C=O) groups is 1. The quantitative estimate of drug-likeness (QED) is 0.829. The molecule has 2 aromatic rings. The van der Waals surface area contributed by atoms with E-state index < -0.39 is 0 Å². The summed E-state index contributed by atoms with van der Waals surface area (Å²) in [6.07, 6.45) is 3.41. The van der Waals surface area contributed by atoms with Crippen LogP contribution in [0.25, 0.3) is 0 Å². The largest absolute Gasteiger partial charge is 0.321 e. The predicted octanol–water partition coefficient (Wildman–Crippen LogP) is 4.93. The number of hydrogen-bond donors (Lipinski definition) is 1. The molecule has 0 aliphatic carbocycles. The second-order valence-electron chi connectivity index (χ2n) is 4.73. The highest BCUT2D eigenvalue weighted by atomic mass is 35.5. The van der Waals surface area contributed by atoms with Crippen LogP contribution in [0.4, 0.5) is 5.69 Å². The SMILES string of the molecule is CCCCc1ccc(C(=O)Nc2ccccc2Cl)cc1. The Morgan fingerprint density at radius 2 is 1.80 bits per heavy atom. The van der Waals surface area contributed by atoms with E-state index in [1.54, 1.807) is 12.1 Å². The molecular formula is C17H18ClNO. The fourth-order valence-electron chi connectivity index (χ4n) is 1.96. The van der Waals surface area contributed by atoms with Gasteiger partial charge in [-0.25, -0.2) is 0 Å². The van der Waals surface area contributed by atoms with Gasteiger partial charge in [-0.1, -0.05) is 49.2 Å². The Morgan fingerprint density at radius 1 is 1.10 bits per heavy atom. The molecule has 0 fully saturated rings. The molecular weight excluding hydrogens is 270 g/mol. The minimum Gasteiger partial charge on any atom is -0.321 e. The molecule has 1 N–H and O–H groups in total. The first-order valence-corrected chi connectivity index (χ1v) is 7.23. The fraction of sp³-hybridized carbons (Fsp3) is 0.235. The molecule has 0 bridgehead atoms. The third kappa shape index (κ3) is 3.84. The lowest BCUT2D eigenvalue weighted by atomic mass is 10.1. The summed E-state index contributed by atoms with van der Waals surface area (Å²) in [6.45, 7) is 2.17. The van der Waals surface area contributed by atoms with E-state index >= 15 is 0 Å². The number of amides is 1. The Labute approximate surface area is 124 Å². The molecule has 0 aliphatic heterocycles. The van der Waals surface area contributed by atoms with Crippen molar-refractivity contribution in [3.05, 3.63) is 64.7 Å². The van der Waals surface area contributed by atoms with E-state index in [0.29, 0.717) is 16.3 Å². The van der Waals surface area contributed by atoms with Crippen LogP contribution >= 0.6 is 11.6 Å². The average molecular weight is 288 g/mol. The number of halogens is 1. The van der Waals surface area contributed by atoms with Crippen LogP contribution in [0.5, 0.6) is 0 Å². The van der Waals surface area contributed by atoms with E-state index in [4.69, 9.17) is 11.6 Å². The van der Waals surface area contributed by atoms with Crippen molar-refractivity contribution in [3.63, 3.8) is 0 Å². The van der Waals surface area contributed by atoms with Crippen LogP contribution in [-0.2, 0) is 6.42 Å². The number of para-hydroxylation sites is 1. The van der Waals surface area contributed by atoms with Crippen LogP contribution in [-0.4, -0.2) is 5.91 Å². The highest BCUT2D eigenvalue weighted by Gasteiger charge is 2.07. The zero-order chi connectivity index (χ0) is 14.4. The molecule has 3 heteroatoms. The molecule has 1 amide bonds. The van der Waals surface area contributed by atoms with Crippen molar-refractivity contribution in [1.29, 1.82) is 0 Å². The Hall–Kier alpha value is -1.80. The van der Waals surface area contributed by atoms with Crippen LogP contribution < -0.4 is 5.32 Å². The summed E-state index contributed by atoms with van der Waals surface area (Å²) in [5.41, 5.74) is 2.54. The van der Waals surface area contributed by atoms with E-state index in [-0.39, 0.29) is 5.91 Å². The summed E-state index contributed by atoms with van der Waals surface area (Å²) >= 11 is 6.02. The zero-order valence-corrected chi connectivity index (χ0v) is 12.3. The Balaban J connectivity index is 2.04. The summed E-state index contributed by atoms with van der Waals surface area (Å²) in [5.74, 6) is -0.139. The van der Waals surface area contributed by atoms with Crippen molar-refractivity contribution >= 4 is 23.2 Å². The highest BCUT2D eigenvalue weighted by Crippen LogP contribution is 2.21. The predicted molar refractivity (Wildman–Crippen MR) is 84.5 cm³/mol. The fourth-order valence-corrected chi connectivity index (χ4v) is 2.14. The van der Waals surface area contributed by atoms with Gasteiger partial charge in [0.05, 0.1) is 10.7 Å². The summed E-state index contributed by atoms with van der Waals surface area (Å²) in [6, 6.07) is 15.0.